The lowest BCUT2D eigenvalue weighted by molar-refractivity contribution is 0.118. The average molecular weight is 313 g/mol. The van der Waals surface area contributed by atoms with Crippen molar-refractivity contribution in [3.8, 4) is 0 Å². The third kappa shape index (κ3) is 3.46. The van der Waals surface area contributed by atoms with Crippen LogP contribution in [-0.4, -0.2) is 19.7 Å². The van der Waals surface area contributed by atoms with Gasteiger partial charge in [0.1, 0.15) is 0 Å². The summed E-state index contributed by atoms with van der Waals surface area (Å²) in [6, 6.07) is 6.57. The van der Waals surface area contributed by atoms with Crippen LogP contribution in [0, 0.1) is 12.8 Å². The number of hydrogen-bond acceptors (Lipinski definition) is 3. The molecule has 1 aliphatic heterocycles. The number of nitrogens with two attached hydrogens (primary N) is 1. The fourth-order valence-corrected chi connectivity index (χ4v) is 3.31. The fourth-order valence-electron chi connectivity index (χ4n) is 2.57. The molecule has 1 heterocycles. The van der Waals surface area contributed by atoms with Gasteiger partial charge in [-0.1, -0.05) is 6.07 Å². The van der Waals surface area contributed by atoms with Crippen molar-refractivity contribution in [1.82, 2.24) is 0 Å². The van der Waals surface area contributed by atoms with Crippen LogP contribution in [0.15, 0.2) is 22.7 Å². The van der Waals surface area contributed by atoms with Crippen LogP contribution in [0.3, 0.4) is 0 Å². The smallest absolute Gasteiger partial charge is 0.0681 e. The van der Waals surface area contributed by atoms with Gasteiger partial charge in [0.05, 0.1) is 12.3 Å². The molecule has 18 heavy (non-hydrogen) atoms. The van der Waals surface area contributed by atoms with E-state index in [-0.39, 0.29) is 0 Å². The van der Waals surface area contributed by atoms with Gasteiger partial charge in [0, 0.05) is 17.6 Å². The predicted molar refractivity (Wildman–Crippen MR) is 78.6 cm³/mol. The van der Waals surface area contributed by atoms with Crippen LogP contribution in [-0.2, 0) is 4.84 Å². The molecular formula is C14H21BrN2O. The van der Waals surface area contributed by atoms with E-state index >= 15 is 0 Å². The lowest BCUT2D eigenvalue weighted by Crippen LogP contribution is -2.34. The highest BCUT2D eigenvalue weighted by Crippen LogP contribution is 2.31. The Labute approximate surface area is 117 Å². The standard InChI is InChI=1S/C14H21BrN2O/c1-11-2-3-14(13(15)10-11)17-7-4-12(5-8-17)6-9-18-16/h2-3,10,12H,4-9,16H2,1H3. The van der Waals surface area contributed by atoms with E-state index in [1.807, 2.05) is 0 Å². The van der Waals surface area contributed by atoms with Gasteiger partial charge in [0.15, 0.2) is 0 Å². The summed E-state index contributed by atoms with van der Waals surface area (Å²) in [5, 5.41) is 0. The van der Waals surface area contributed by atoms with E-state index < -0.39 is 0 Å². The van der Waals surface area contributed by atoms with E-state index in [4.69, 9.17) is 5.90 Å². The lowest BCUT2D eigenvalue weighted by Gasteiger charge is -2.34. The maximum Gasteiger partial charge on any atom is 0.0681 e. The van der Waals surface area contributed by atoms with E-state index in [1.165, 1.54) is 28.6 Å². The zero-order valence-corrected chi connectivity index (χ0v) is 12.4. The molecule has 3 nitrogen and oxygen atoms in total. The van der Waals surface area contributed by atoms with Gasteiger partial charge in [-0.15, -0.1) is 0 Å². The van der Waals surface area contributed by atoms with E-state index in [9.17, 15) is 0 Å². The van der Waals surface area contributed by atoms with Gasteiger partial charge in [-0.3, -0.25) is 0 Å². The van der Waals surface area contributed by atoms with Gasteiger partial charge in [-0.25, -0.2) is 5.90 Å². The molecular weight excluding hydrogens is 292 g/mol. The molecule has 1 aromatic rings. The molecule has 2 rings (SSSR count). The minimum Gasteiger partial charge on any atom is -0.371 e. The van der Waals surface area contributed by atoms with Crippen molar-refractivity contribution in [2.45, 2.75) is 26.2 Å². The fraction of sp³-hybridized carbons (Fsp3) is 0.571. The summed E-state index contributed by atoms with van der Waals surface area (Å²) in [5.74, 6) is 5.84. The predicted octanol–water partition coefficient (Wildman–Crippen LogP) is 3.25. The Bertz CT molecular complexity index is 389. The minimum atomic E-state index is 0.679. The summed E-state index contributed by atoms with van der Waals surface area (Å²) < 4.78 is 1.20. The van der Waals surface area contributed by atoms with Gasteiger partial charge in [-0.2, -0.15) is 0 Å². The molecule has 1 aromatic carbocycles. The first-order valence-electron chi connectivity index (χ1n) is 6.53. The van der Waals surface area contributed by atoms with Gasteiger partial charge in [0.25, 0.3) is 0 Å². The first kappa shape index (κ1) is 13.8. The third-order valence-corrected chi connectivity index (χ3v) is 4.34. The van der Waals surface area contributed by atoms with E-state index in [0.29, 0.717) is 6.61 Å². The molecule has 4 heteroatoms. The summed E-state index contributed by atoms with van der Waals surface area (Å²) >= 11 is 3.66. The highest BCUT2D eigenvalue weighted by Gasteiger charge is 2.20. The van der Waals surface area contributed by atoms with Crippen molar-refractivity contribution < 1.29 is 4.84 Å². The molecule has 1 fully saturated rings. The second-order valence-electron chi connectivity index (χ2n) is 5.04. The molecule has 0 atom stereocenters. The average Bonchev–Trinajstić information content (AvgIpc) is 2.37. The lowest BCUT2D eigenvalue weighted by atomic mass is 9.93. The molecule has 0 unspecified atom stereocenters. The van der Waals surface area contributed by atoms with Crippen LogP contribution in [0.25, 0.3) is 0 Å². The zero-order chi connectivity index (χ0) is 13.0. The molecule has 0 spiro atoms. The number of hydrogen-bond donors (Lipinski definition) is 1. The van der Waals surface area contributed by atoms with Crippen molar-refractivity contribution in [3.05, 3.63) is 28.2 Å². The third-order valence-electron chi connectivity index (χ3n) is 3.70. The van der Waals surface area contributed by atoms with Gasteiger partial charge in [-0.05, 0) is 65.7 Å². The summed E-state index contributed by atoms with van der Waals surface area (Å²) in [6.07, 6.45) is 3.53. The van der Waals surface area contributed by atoms with Crippen LogP contribution in [0.2, 0.25) is 0 Å². The number of halogens is 1. The Hall–Kier alpha value is -0.580. The number of rotatable bonds is 4. The molecule has 100 valence electrons. The summed E-state index contributed by atoms with van der Waals surface area (Å²) in [5.41, 5.74) is 2.61. The van der Waals surface area contributed by atoms with E-state index in [2.05, 4.69) is 50.8 Å². The molecule has 0 amide bonds. The number of piperidine rings is 1. The summed E-state index contributed by atoms with van der Waals surface area (Å²) in [7, 11) is 0. The van der Waals surface area contributed by atoms with Crippen LogP contribution < -0.4 is 10.8 Å². The normalized spacial score (nSPS) is 17.2. The number of benzene rings is 1. The van der Waals surface area contributed by atoms with Crippen molar-refractivity contribution >= 4 is 21.6 Å². The number of aryl methyl sites for hydroxylation is 1. The number of nitrogens with zero attached hydrogens (tertiary/aromatic N) is 1. The molecule has 1 aliphatic rings. The topological polar surface area (TPSA) is 38.5 Å². The summed E-state index contributed by atoms with van der Waals surface area (Å²) in [6.45, 7) is 5.04. The van der Waals surface area contributed by atoms with E-state index in [1.54, 1.807) is 0 Å². The van der Waals surface area contributed by atoms with Crippen molar-refractivity contribution in [2.24, 2.45) is 11.8 Å². The maximum absolute atomic E-state index is 5.08. The van der Waals surface area contributed by atoms with Crippen LogP contribution in [0.4, 0.5) is 5.69 Å². The quantitative estimate of drug-likeness (QED) is 0.867. The zero-order valence-electron chi connectivity index (χ0n) is 10.9. The molecule has 0 aliphatic carbocycles. The largest absolute Gasteiger partial charge is 0.371 e. The van der Waals surface area contributed by atoms with Gasteiger partial charge >= 0.3 is 0 Å². The van der Waals surface area contributed by atoms with E-state index in [0.717, 1.165) is 25.4 Å². The molecule has 2 N–H and O–H groups in total. The van der Waals surface area contributed by atoms with Crippen molar-refractivity contribution in [1.29, 1.82) is 0 Å². The Morgan fingerprint density at radius 3 is 2.72 bits per heavy atom. The minimum absolute atomic E-state index is 0.679. The Kier molecular flexibility index (Phi) is 5.03. The monoisotopic (exact) mass is 312 g/mol. The first-order valence-corrected chi connectivity index (χ1v) is 7.33. The Morgan fingerprint density at radius 2 is 2.11 bits per heavy atom. The van der Waals surface area contributed by atoms with Crippen molar-refractivity contribution in [2.75, 3.05) is 24.6 Å². The second-order valence-corrected chi connectivity index (χ2v) is 5.90. The highest BCUT2D eigenvalue weighted by atomic mass is 79.9. The summed E-state index contributed by atoms with van der Waals surface area (Å²) in [4.78, 5) is 7.13. The molecule has 0 aromatic heterocycles. The van der Waals surface area contributed by atoms with Crippen molar-refractivity contribution in [3.63, 3.8) is 0 Å². The highest BCUT2D eigenvalue weighted by molar-refractivity contribution is 9.10. The van der Waals surface area contributed by atoms with Crippen LogP contribution in [0.5, 0.6) is 0 Å². The second kappa shape index (κ2) is 6.55. The molecule has 0 bridgehead atoms. The van der Waals surface area contributed by atoms with Crippen LogP contribution in [0.1, 0.15) is 24.8 Å². The van der Waals surface area contributed by atoms with Gasteiger partial charge in [0.2, 0.25) is 0 Å². The SMILES string of the molecule is Cc1ccc(N2CCC(CCON)CC2)c(Br)c1. The van der Waals surface area contributed by atoms with Gasteiger partial charge < -0.3 is 9.74 Å². The first-order chi connectivity index (χ1) is 8.70. The van der Waals surface area contributed by atoms with Crippen LogP contribution >= 0.6 is 15.9 Å². The Balaban J connectivity index is 1.93. The molecule has 0 radical (unpaired) electrons. The Morgan fingerprint density at radius 1 is 1.39 bits per heavy atom. The molecule has 1 saturated heterocycles. The molecule has 0 saturated carbocycles. The number of anilines is 1. The maximum atomic E-state index is 5.08.